The second-order valence-corrected chi connectivity index (χ2v) is 7.12. The van der Waals surface area contributed by atoms with Gasteiger partial charge in [-0.05, 0) is 24.3 Å². The van der Waals surface area contributed by atoms with Crippen molar-refractivity contribution in [3.63, 3.8) is 0 Å². The lowest BCUT2D eigenvalue weighted by Crippen LogP contribution is -2.28. The molecule has 3 amide bonds. The van der Waals surface area contributed by atoms with E-state index in [4.69, 9.17) is 0 Å². The number of hydrogen-bond acceptors (Lipinski definition) is 5. The molecule has 2 N–H and O–H groups in total. The van der Waals surface area contributed by atoms with Crippen molar-refractivity contribution in [2.24, 2.45) is 10.9 Å². The molecule has 0 saturated carbocycles. The van der Waals surface area contributed by atoms with Crippen LogP contribution in [-0.2, 0) is 20.8 Å². The van der Waals surface area contributed by atoms with Gasteiger partial charge in [-0.3, -0.25) is 14.4 Å². The Kier molecular flexibility index (Phi) is 5.69. The van der Waals surface area contributed by atoms with Crippen LogP contribution in [0.4, 0.5) is 10.8 Å². The molecule has 0 aliphatic carbocycles. The lowest BCUT2D eigenvalue weighted by Gasteiger charge is -2.09. The Morgan fingerprint density at radius 1 is 1.27 bits per heavy atom. The quantitative estimate of drug-likeness (QED) is 0.709. The lowest BCUT2D eigenvalue weighted by atomic mass is 10.1. The van der Waals surface area contributed by atoms with Gasteiger partial charge in [0.1, 0.15) is 5.92 Å². The van der Waals surface area contributed by atoms with Gasteiger partial charge in [0.05, 0.1) is 12.1 Å². The molecule has 9 heteroatoms. The van der Waals surface area contributed by atoms with Crippen LogP contribution in [0.25, 0.3) is 0 Å². The minimum absolute atomic E-state index is 0.0748. The highest BCUT2D eigenvalue weighted by Gasteiger charge is 2.25. The van der Waals surface area contributed by atoms with Gasteiger partial charge in [-0.25, -0.2) is 9.98 Å². The molecule has 132 valence electrons. The predicted octanol–water partition coefficient (Wildman–Crippen LogP) is 2.81. The molecular weight excluding hydrogens is 420 g/mol. The van der Waals surface area contributed by atoms with E-state index in [9.17, 15) is 14.4 Å². The third-order valence-corrected chi connectivity index (χ3v) is 4.67. The number of carbonyl (C=O) groups is 3. The fourth-order valence-electron chi connectivity index (χ4n) is 2.20. The molecular formula is C17H13BrN4O3S. The average Bonchev–Trinajstić information content (AvgIpc) is 3.01. The fourth-order valence-corrected chi connectivity index (χ4v) is 3.32. The maximum atomic E-state index is 12.1. The minimum atomic E-state index is -0.952. The van der Waals surface area contributed by atoms with E-state index in [0.29, 0.717) is 16.5 Å². The van der Waals surface area contributed by atoms with Crippen LogP contribution in [0.3, 0.4) is 0 Å². The number of anilines is 2. The molecule has 1 atom stereocenters. The molecule has 0 radical (unpaired) electrons. The summed E-state index contributed by atoms with van der Waals surface area (Å²) in [5.74, 6) is -2.18. The van der Waals surface area contributed by atoms with E-state index in [1.807, 2.05) is 12.1 Å². The molecule has 3 rings (SSSR count). The maximum absolute atomic E-state index is 12.1. The van der Waals surface area contributed by atoms with Crippen LogP contribution in [-0.4, -0.2) is 28.9 Å². The van der Waals surface area contributed by atoms with E-state index in [2.05, 4.69) is 36.5 Å². The molecule has 0 saturated heterocycles. The number of aromatic nitrogens is 1. The summed E-state index contributed by atoms with van der Waals surface area (Å²) in [5, 5.41) is 7.37. The maximum Gasteiger partial charge on any atom is 0.262 e. The van der Waals surface area contributed by atoms with Crippen molar-refractivity contribution < 1.29 is 14.4 Å². The van der Waals surface area contributed by atoms with Crippen LogP contribution in [0.2, 0.25) is 0 Å². The van der Waals surface area contributed by atoms with Crippen molar-refractivity contribution in [1.82, 2.24) is 4.98 Å². The average molecular weight is 433 g/mol. The zero-order valence-corrected chi connectivity index (χ0v) is 15.7. The summed E-state index contributed by atoms with van der Waals surface area (Å²) >= 11 is 4.53. The third kappa shape index (κ3) is 4.70. The first-order valence-corrected chi connectivity index (χ1v) is 9.24. The number of benzene rings is 1. The number of halogens is 1. The number of amides is 3. The predicted molar refractivity (Wildman–Crippen MR) is 103 cm³/mol. The molecule has 0 spiro atoms. The standard InChI is InChI=1S/C17H13BrN4O3S/c18-10-3-1-4-11(7-10)20-14(23)8-12-9-26-17(21-12)22-16(25)13-5-2-6-19-15(13)24/h1-7,9,13H,8H2,(H,20,23)(H,21,22,25). The van der Waals surface area contributed by atoms with Gasteiger partial charge in [0.25, 0.3) is 5.91 Å². The van der Waals surface area contributed by atoms with Crippen molar-refractivity contribution >= 4 is 62.0 Å². The summed E-state index contributed by atoms with van der Waals surface area (Å²) in [7, 11) is 0. The number of thiazole rings is 1. The first kappa shape index (κ1) is 18.2. The van der Waals surface area contributed by atoms with Crippen LogP contribution in [0, 0.1) is 5.92 Å². The molecule has 1 aliphatic rings. The Labute approximate surface area is 161 Å². The summed E-state index contributed by atoms with van der Waals surface area (Å²) in [4.78, 5) is 43.6. The Bertz CT molecular complexity index is 922. The lowest BCUT2D eigenvalue weighted by molar-refractivity contribution is -0.128. The van der Waals surface area contributed by atoms with Crippen molar-refractivity contribution in [3.05, 3.63) is 52.0 Å². The smallest absolute Gasteiger partial charge is 0.262 e. The molecule has 26 heavy (non-hydrogen) atoms. The molecule has 0 bridgehead atoms. The van der Waals surface area contributed by atoms with Crippen LogP contribution in [0.15, 0.2) is 51.3 Å². The molecule has 1 unspecified atom stereocenters. The van der Waals surface area contributed by atoms with Gasteiger partial charge in [-0.15, -0.1) is 11.3 Å². The van der Waals surface area contributed by atoms with Crippen LogP contribution in [0.1, 0.15) is 5.69 Å². The largest absolute Gasteiger partial charge is 0.326 e. The molecule has 0 fully saturated rings. The molecule has 7 nitrogen and oxygen atoms in total. The topological polar surface area (TPSA) is 101 Å². The summed E-state index contributed by atoms with van der Waals surface area (Å²) in [6, 6.07) is 7.26. The number of nitrogens with zero attached hydrogens (tertiary/aromatic N) is 2. The van der Waals surface area contributed by atoms with E-state index in [1.54, 1.807) is 23.6 Å². The van der Waals surface area contributed by atoms with Crippen molar-refractivity contribution in [3.8, 4) is 0 Å². The number of dihydropyridines is 1. The number of nitrogens with one attached hydrogen (secondary N) is 2. The molecule has 1 aromatic heterocycles. The van der Waals surface area contributed by atoms with Gasteiger partial charge in [0, 0.05) is 21.8 Å². The number of aliphatic imine (C=N–C) groups is 1. The Morgan fingerprint density at radius 2 is 2.12 bits per heavy atom. The molecule has 1 aromatic carbocycles. The van der Waals surface area contributed by atoms with Gasteiger partial charge < -0.3 is 10.6 Å². The molecule has 2 heterocycles. The van der Waals surface area contributed by atoms with Crippen LogP contribution >= 0.6 is 27.3 Å². The second kappa shape index (κ2) is 8.15. The molecule has 2 aromatic rings. The van der Waals surface area contributed by atoms with E-state index < -0.39 is 17.7 Å². The Balaban J connectivity index is 1.56. The van der Waals surface area contributed by atoms with Crippen LogP contribution in [0.5, 0.6) is 0 Å². The highest BCUT2D eigenvalue weighted by atomic mass is 79.9. The van der Waals surface area contributed by atoms with E-state index >= 15 is 0 Å². The second-order valence-electron chi connectivity index (χ2n) is 5.35. The van der Waals surface area contributed by atoms with E-state index in [0.717, 1.165) is 4.47 Å². The molecule has 1 aliphatic heterocycles. The van der Waals surface area contributed by atoms with Gasteiger partial charge in [0.15, 0.2) is 5.13 Å². The summed E-state index contributed by atoms with van der Waals surface area (Å²) in [5.41, 5.74) is 1.21. The number of rotatable bonds is 5. The summed E-state index contributed by atoms with van der Waals surface area (Å²) in [6.45, 7) is 0. The third-order valence-electron chi connectivity index (χ3n) is 3.37. The van der Waals surface area contributed by atoms with E-state index in [-0.39, 0.29) is 12.3 Å². The number of allylic oxidation sites excluding steroid dienone is 1. The van der Waals surface area contributed by atoms with Crippen LogP contribution < -0.4 is 10.6 Å². The normalized spacial score (nSPS) is 15.7. The first-order valence-electron chi connectivity index (χ1n) is 7.56. The number of carbonyl (C=O) groups excluding carboxylic acids is 3. The van der Waals surface area contributed by atoms with E-state index in [1.165, 1.54) is 23.6 Å². The van der Waals surface area contributed by atoms with Gasteiger partial charge in [-0.2, -0.15) is 0 Å². The fraction of sp³-hybridized carbons (Fsp3) is 0.118. The highest BCUT2D eigenvalue weighted by molar-refractivity contribution is 9.10. The Hall–Kier alpha value is -2.65. The SMILES string of the molecule is O=C(Cc1csc(NC(=O)C2C=CC=NC2=O)n1)Nc1cccc(Br)c1. The van der Waals surface area contributed by atoms with Crippen molar-refractivity contribution in [1.29, 1.82) is 0 Å². The zero-order valence-electron chi connectivity index (χ0n) is 13.3. The summed E-state index contributed by atoms with van der Waals surface area (Å²) in [6.07, 6.45) is 4.44. The summed E-state index contributed by atoms with van der Waals surface area (Å²) < 4.78 is 0.865. The van der Waals surface area contributed by atoms with Crippen molar-refractivity contribution in [2.45, 2.75) is 6.42 Å². The van der Waals surface area contributed by atoms with Crippen molar-refractivity contribution in [2.75, 3.05) is 10.6 Å². The number of hydrogen-bond donors (Lipinski definition) is 2. The Morgan fingerprint density at radius 3 is 2.88 bits per heavy atom. The van der Waals surface area contributed by atoms with Gasteiger partial charge in [0.2, 0.25) is 11.8 Å². The van der Waals surface area contributed by atoms with Gasteiger partial charge in [-0.1, -0.05) is 28.1 Å². The zero-order chi connectivity index (χ0) is 18.5. The van der Waals surface area contributed by atoms with Gasteiger partial charge >= 0.3 is 0 Å². The monoisotopic (exact) mass is 432 g/mol. The minimum Gasteiger partial charge on any atom is -0.326 e. The highest BCUT2D eigenvalue weighted by Crippen LogP contribution is 2.19. The first-order chi connectivity index (χ1) is 12.5.